The third-order valence-electron chi connectivity index (χ3n) is 4.39. The zero-order valence-electron chi connectivity index (χ0n) is 11.4. The average Bonchev–Trinajstić information content (AvgIpc) is 2.46. The van der Waals surface area contributed by atoms with Gasteiger partial charge in [-0.1, -0.05) is 6.42 Å². The lowest BCUT2D eigenvalue weighted by Crippen LogP contribution is -2.47. The van der Waals surface area contributed by atoms with Gasteiger partial charge in [0, 0.05) is 6.54 Å². The first kappa shape index (κ1) is 14.3. The molecule has 2 aliphatic rings. The van der Waals surface area contributed by atoms with E-state index in [0.717, 1.165) is 51.5 Å². The number of carbonyl (C=O) groups excluding carboxylic acids is 1. The molecular weight excluding hydrogens is 244 g/mol. The number of nitrogens with one attached hydrogen (secondary N) is 2. The van der Waals surface area contributed by atoms with E-state index in [2.05, 4.69) is 10.6 Å². The van der Waals surface area contributed by atoms with Crippen molar-refractivity contribution in [2.24, 2.45) is 11.8 Å². The van der Waals surface area contributed by atoms with Crippen molar-refractivity contribution in [1.29, 1.82) is 0 Å². The third kappa shape index (κ3) is 4.20. The summed E-state index contributed by atoms with van der Waals surface area (Å²) in [6, 6.07) is -0.0240. The summed E-state index contributed by atoms with van der Waals surface area (Å²) in [4.78, 5) is 22.8. The molecule has 5 heteroatoms. The topological polar surface area (TPSA) is 78.4 Å². The summed E-state index contributed by atoms with van der Waals surface area (Å²) in [5, 5.41) is 15.2. The lowest BCUT2D eigenvalue weighted by Gasteiger charge is -2.28. The van der Waals surface area contributed by atoms with Gasteiger partial charge in [0.2, 0.25) is 5.91 Å². The molecule has 2 rings (SSSR count). The van der Waals surface area contributed by atoms with Gasteiger partial charge in [-0.15, -0.1) is 0 Å². The van der Waals surface area contributed by atoms with Gasteiger partial charge in [0.05, 0.1) is 12.0 Å². The summed E-state index contributed by atoms with van der Waals surface area (Å²) in [5.41, 5.74) is 0. The first-order valence-electron chi connectivity index (χ1n) is 7.40. The molecule has 0 bridgehead atoms. The van der Waals surface area contributed by atoms with E-state index in [1.165, 1.54) is 0 Å². The largest absolute Gasteiger partial charge is 0.481 e. The smallest absolute Gasteiger partial charge is 0.306 e. The fourth-order valence-corrected chi connectivity index (χ4v) is 3.06. The molecule has 1 saturated heterocycles. The first-order chi connectivity index (χ1) is 9.16. The van der Waals surface area contributed by atoms with Crippen molar-refractivity contribution < 1.29 is 14.7 Å². The Morgan fingerprint density at radius 3 is 2.42 bits per heavy atom. The highest BCUT2D eigenvalue weighted by Crippen LogP contribution is 2.28. The predicted octanol–water partition coefficient (Wildman–Crippen LogP) is 1.14. The summed E-state index contributed by atoms with van der Waals surface area (Å²) in [7, 11) is 0. The number of rotatable bonds is 4. The molecule has 19 heavy (non-hydrogen) atoms. The van der Waals surface area contributed by atoms with Gasteiger partial charge < -0.3 is 15.7 Å². The minimum Gasteiger partial charge on any atom is -0.481 e. The fraction of sp³-hybridized carbons (Fsp3) is 0.857. The van der Waals surface area contributed by atoms with Crippen LogP contribution in [0.5, 0.6) is 0 Å². The molecule has 1 aliphatic carbocycles. The fourth-order valence-electron chi connectivity index (χ4n) is 3.06. The Kier molecular flexibility index (Phi) is 5.19. The van der Waals surface area contributed by atoms with Gasteiger partial charge in [-0.05, 0) is 51.0 Å². The number of hydrogen-bond donors (Lipinski definition) is 3. The van der Waals surface area contributed by atoms with Gasteiger partial charge in [0.1, 0.15) is 0 Å². The highest BCUT2D eigenvalue weighted by Gasteiger charge is 2.27. The molecule has 0 radical (unpaired) electrons. The molecule has 108 valence electrons. The lowest BCUT2D eigenvalue weighted by molar-refractivity contribution is -0.143. The van der Waals surface area contributed by atoms with Crippen molar-refractivity contribution in [1.82, 2.24) is 10.6 Å². The van der Waals surface area contributed by atoms with Crippen LogP contribution >= 0.6 is 0 Å². The second-order valence-electron chi connectivity index (χ2n) is 5.80. The highest BCUT2D eigenvalue weighted by atomic mass is 16.4. The van der Waals surface area contributed by atoms with Gasteiger partial charge in [-0.25, -0.2) is 0 Å². The highest BCUT2D eigenvalue weighted by molar-refractivity contribution is 5.81. The maximum absolute atomic E-state index is 11.9. The number of carbonyl (C=O) groups is 2. The molecule has 1 heterocycles. The van der Waals surface area contributed by atoms with Crippen LogP contribution in [0.2, 0.25) is 0 Å². The maximum atomic E-state index is 11.9. The van der Waals surface area contributed by atoms with Crippen LogP contribution in [-0.4, -0.2) is 36.1 Å². The van der Waals surface area contributed by atoms with E-state index in [1.54, 1.807) is 0 Å². The van der Waals surface area contributed by atoms with Gasteiger partial charge >= 0.3 is 5.97 Å². The number of aliphatic carboxylic acids is 1. The Morgan fingerprint density at radius 1 is 1.11 bits per heavy atom. The van der Waals surface area contributed by atoms with Crippen LogP contribution in [0.25, 0.3) is 0 Å². The standard InChI is InChI=1S/C14H24N2O3/c17-13(12-3-1-2-8-15-12)16-9-10-4-6-11(7-5-10)14(18)19/h10-12,15H,1-9H2,(H,16,17)(H,18,19). The van der Waals surface area contributed by atoms with Crippen LogP contribution in [0.1, 0.15) is 44.9 Å². The number of carboxylic acid groups (broad SMARTS) is 1. The zero-order chi connectivity index (χ0) is 13.7. The number of hydrogen-bond acceptors (Lipinski definition) is 3. The Morgan fingerprint density at radius 2 is 1.84 bits per heavy atom. The van der Waals surface area contributed by atoms with E-state index < -0.39 is 5.97 Å². The van der Waals surface area contributed by atoms with E-state index in [4.69, 9.17) is 5.11 Å². The van der Waals surface area contributed by atoms with Crippen molar-refractivity contribution in [2.45, 2.75) is 51.0 Å². The van der Waals surface area contributed by atoms with Gasteiger partial charge in [0.25, 0.3) is 0 Å². The molecule has 1 amide bonds. The molecule has 0 aromatic carbocycles. The van der Waals surface area contributed by atoms with Crippen molar-refractivity contribution in [3.8, 4) is 0 Å². The molecule has 1 unspecified atom stereocenters. The van der Waals surface area contributed by atoms with Crippen LogP contribution in [0.4, 0.5) is 0 Å². The number of piperidine rings is 1. The Labute approximate surface area is 114 Å². The van der Waals surface area contributed by atoms with Gasteiger partial charge in [-0.3, -0.25) is 9.59 Å². The molecule has 5 nitrogen and oxygen atoms in total. The van der Waals surface area contributed by atoms with Crippen molar-refractivity contribution in [2.75, 3.05) is 13.1 Å². The van der Waals surface area contributed by atoms with Gasteiger partial charge in [-0.2, -0.15) is 0 Å². The summed E-state index contributed by atoms with van der Waals surface area (Å²) in [6.07, 6.45) is 6.52. The number of carboxylic acids is 1. The van der Waals surface area contributed by atoms with E-state index in [-0.39, 0.29) is 17.9 Å². The minimum absolute atomic E-state index is 0.0240. The molecule has 0 aromatic rings. The third-order valence-corrected chi connectivity index (χ3v) is 4.39. The average molecular weight is 268 g/mol. The molecule has 1 saturated carbocycles. The molecule has 2 fully saturated rings. The normalized spacial score (nSPS) is 31.7. The quantitative estimate of drug-likeness (QED) is 0.714. The van der Waals surface area contributed by atoms with Crippen LogP contribution in [0, 0.1) is 11.8 Å². The van der Waals surface area contributed by atoms with E-state index in [9.17, 15) is 9.59 Å². The summed E-state index contributed by atoms with van der Waals surface area (Å²) < 4.78 is 0. The Balaban J connectivity index is 1.66. The minimum atomic E-state index is -0.672. The molecule has 0 spiro atoms. The summed E-state index contributed by atoms with van der Waals surface area (Å²) >= 11 is 0. The van der Waals surface area contributed by atoms with Crippen LogP contribution in [-0.2, 0) is 9.59 Å². The Hall–Kier alpha value is -1.10. The van der Waals surface area contributed by atoms with Crippen LogP contribution in [0.15, 0.2) is 0 Å². The van der Waals surface area contributed by atoms with E-state index >= 15 is 0 Å². The predicted molar refractivity (Wildman–Crippen MR) is 71.7 cm³/mol. The van der Waals surface area contributed by atoms with Gasteiger partial charge in [0.15, 0.2) is 0 Å². The van der Waals surface area contributed by atoms with Crippen molar-refractivity contribution in [3.63, 3.8) is 0 Å². The second kappa shape index (κ2) is 6.89. The zero-order valence-corrected chi connectivity index (χ0v) is 11.4. The molecule has 1 aliphatic heterocycles. The maximum Gasteiger partial charge on any atom is 0.306 e. The lowest BCUT2D eigenvalue weighted by atomic mass is 9.82. The second-order valence-corrected chi connectivity index (χ2v) is 5.80. The van der Waals surface area contributed by atoms with Crippen LogP contribution in [0.3, 0.4) is 0 Å². The summed E-state index contributed by atoms with van der Waals surface area (Å²) in [6.45, 7) is 1.63. The Bertz CT molecular complexity index is 319. The number of amides is 1. The molecule has 1 atom stereocenters. The molecule has 3 N–H and O–H groups in total. The first-order valence-corrected chi connectivity index (χ1v) is 7.40. The van der Waals surface area contributed by atoms with Crippen LogP contribution < -0.4 is 10.6 Å². The molecular formula is C14H24N2O3. The van der Waals surface area contributed by atoms with Crippen molar-refractivity contribution in [3.05, 3.63) is 0 Å². The SMILES string of the molecule is O=C(O)C1CCC(CNC(=O)C2CCCCN2)CC1. The van der Waals surface area contributed by atoms with Crippen molar-refractivity contribution >= 4 is 11.9 Å². The summed E-state index contributed by atoms with van der Waals surface area (Å²) in [5.74, 6) is -0.288. The van der Waals surface area contributed by atoms with E-state index in [0.29, 0.717) is 12.5 Å². The molecule has 0 aromatic heterocycles. The monoisotopic (exact) mass is 268 g/mol. The van der Waals surface area contributed by atoms with E-state index in [1.807, 2.05) is 0 Å².